The van der Waals surface area contributed by atoms with E-state index in [1.165, 1.54) is 0 Å². The molecular weight excluding hydrogens is 298 g/mol. The monoisotopic (exact) mass is 315 g/mol. The van der Waals surface area contributed by atoms with Gasteiger partial charge in [-0.1, -0.05) is 17.7 Å². The Bertz CT molecular complexity index is 492. The zero-order chi connectivity index (χ0) is 16.0. The Balaban J connectivity index is 0.000000315. The number of rotatable bonds is 3. The van der Waals surface area contributed by atoms with E-state index in [0.717, 1.165) is 31.4 Å². The maximum Gasteiger partial charge on any atom is 0.414 e. The van der Waals surface area contributed by atoms with E-state index in [1.54, 1.807) is 0 Å². The van der Waals surface area contributed by atoms with Crippen molar-refractivity contribution < 1.29 is 19.8 Å². The van der Waals surface area contributed by atoms with Crippen molar-refractivity contribution in [3.05, 3.63) is 23.4 Å². The van der Waals surface area contributed by atoms with Gasteiger partial charge in [-0.15, -0.1) is 0 Å². The standard InChI is InChI=1S/C11H16ClN3.C2H2O4/c1-14(2)6-9-7-15(8-9)11-5-3-4-10(12)13-11;3-1(4)2(5)6/h3-5,9H,6-8H2,1-2H3;(H,3,4)(H,5,6). The maximum atomic E-state index is 9.10. The molecule has 0 aromatic carbocycles. The largest absolute Gasteiger partial charge is 0.473 e. The lowest BCUT2D eigenvalue weighted by Crippen LogP contribution is -2.50. The fourth-order valence-electron chi connectivity index (χ4n) is 1.96. The number of halogens is 1. The van der Waals surface area contributed by atoms with Crippen LogP contribution in [0.2, 0.25) is 5.15 Å². The van der Waals surface area contributed by atoms with Gasteiger partial charge in [-0.25, -0.2) is 14.6 Å². The zero-order valence-corrected chi connectivity index (χ0v) is 12.6. The average Bonchev–Trinajstić information content (AvgIpc) is 2.33. The molecule has 2 N–H and O–H groups in total. The third kappa shape index (κ3) is 5.97. The van der Waals surface area contributed by atoms with Crippen molar-refractivity contribution in [3.63, 3.8) is 0 Å². The van der Waals surface area contributed by atoms with Crippen molar-refractivity contribution >= 4 is 29.4 Å². The smallest absolute Gasteiger partial charge is 0.414 e. The minimum Gasteiger partial charge on any atom is -0.473 e. The van der Waals surface area contributed by atoms with Gasteiger partial charge < -0.3 is 20.0 Å². The lowest BCUT2D eigenvalue weighted by Gasteiger charge is -2.41. The van der Waals surface area contributed by atoms with Crippen LogP contribution in [0.3, 0.4) is 0 Å². The molecule has 0 bridgehead atoms. The summed E-state index contributed by atoms with van der Waals surface area (Å²) in [4.78, 5) is 27.0. The Morgan fingerprint density at radius 2 is 1.90 bits per heavy atom. The van der Waals surface area contributed by atoms with Crippen LogP contribution in [-0.2, 0) is 9.59 Å². The number of anilines is 1. The number of carboxylic acids is 2. The summed E-state index contributed by atoms with van der Waals surface area (Å²) in [6.07, 6.45) is 0. The van der Waals surface area contributed by atoms with Crippen LogP contribution in [0, 0.1) is 5.92 Å². The molecule has 1 aromatic heterocycles. The second-order valence-electron chi connectivity index (χ2n) is 4.96. The number of pyridine rings is 1. The molecule has 21 heavy (non-hydrogen) atoms. The fraction of sp³-hybridized carbons (Fsp3) is 0.462. The van der Waals surface area contributed by atoms with E-state index in [0.29, 0.717) is 5.15 Å². The van der Waals surface area contributed by atoms with Crippen molar-refractivity contribution in [1.29, 1.82) is 0 Å². The van der Waals surface area contributed by atoms with E-state index in [9.17, 15) is 0 Å². The molecule has 8 heteroatoms. The van der Waals surface area contributed by atoms with Crippen molar-refractivity contribution in [3.8, 4) is 0 Å². The minimum absolute atomic E-state index is 0.573. The van der Waals surface area contributed by atoms with Crippen molar-refractivity contribution in [2.75, 3.05) is 38.6 Å². The summed E-state index contributed by atoms with van der Waals surface area (Å²) >= 11 is 5.84. The SMILES string of the molecule is CN(C)CC1CN(c2cccc(Cl)n2)C1.O=C(O)C(=O)O. The van der Waals surface area contributed by atoms with E-state index >= 15 is 0 Å². The summed E-state index contributed by atoms with van der Waals surface area (Å²) in [5.74, 6) is -1.89. The molecule has 0 spiro atoms. The van der Waals surface area contributed by atoms with Gasteiger partial charge in [0.25, 0.3) is 0 Å². The number of aliphatic carboxylic acids is 2. The highest BCUT2D eigenvalue weighted by molar-refractivity contribution is 6.29. The molecule has 0 aliphatic carbocycles. The molecule has 0 radical (unpaired) electrons. The number of carbonyl (C=O) groups is 2. The van der Waals surface area contributed by atoms with Crippen LogP contribution in [0.15, 0.2) is 18.2 Å². The highest BCUT2D eigenvalue weighted by atomic mass is 35.5. The van der Waals surface area contributed by atoms with Crippen LogP contribution < -0.4 is 4.90 Å². The molecule has 2 heterocycles. The second-order valence-corrected chi connectivity index (χ2v) is 5.35. The fourth-order valence-corrected chi connectivity index (χ4v) is 2.12. The van der Waals surface area contributed by atoms with Gasteiger partial charge in [0.1, 0.15) is 11.0 Å². The van der Waals surface area contributed by atoms with Gasteiger partial charge in [-0.05, 0) is 26.2 Å². The van der Waals surface area contributed by atoms with Crippen molar-refractivity contribution in [2.24, 2.45) is 5.92 Å². The third-order valence-corrected chi connectivity index (χ3v) is 3.00. The molecule has 0 atom stereocenters. The van der Waals surface area contributed by atoms with Crippen LogP contribution in [-0.4, -0.2) is 65.8 Å². The summed E-state index contributed by atoms with van der Waals surface area (Å²) in [5.41, 5.74) is 0. The van der Waals surface area contributed by atoms with E-state index in [1.807, 2.05) is 18.2 Å². The quantitative estimate of drug-likeness (QED) is 0.632. The van der Waals surface area contributed by atoms with E-state index < -0.39 is 11.9 Å². The Morgan fingerprint density at radius 1 is 1.33 bits per heavy atom. The highest BCUT2D eigenvalue weighted by Gasteiger charge is 2.27. The summed E-state index contributed by atoms with van der Waals surface area (Å²) < 4.78 is 0. The number of hydrogen-bond acceptors (Lipinski definition) is 5. The molecule has 1 aliphatic heterocycles. The predicted molar refractivity (Wildman–Crippen MR) is 78.8 cm³/mol. The van der Waals surface area contributed by atoms with Crippen LogP contribution in [0.4, 0.5) is 5.82 Å². The number of aromatic nitrogens is 1. The molecule has 1 saturated heterocycles. The lowest BCUT2D eigenvalue weighted by atomic mass is 10.00. The Hall–Kier alpha value is -1.86. The first kappa shape index (κ1) is 17.2. The van der Waals surface area contributed by atoms with Gasteiger partial charge in [0.15, 0.2) is 0 Å². The average molecular weight is 316 g/mol. The molecule has 7 nitrogen and oxygen atoms in total. The van der Waals surface area contributed by atoms with Gasteiger partial charge in [-0.2, -0.15) is 0 Å². The number of nitrogens with zero attached hydrogens (tertiary/aromatic N) is 3. The van der Waals surface area contributed by atoms with Gasteiger partial charge in [-0.3, -0.25) is 0 Å². The summed E-state index contributed by atoms with van der Waals surface area (Å²) in [6.45, 7) is 3.33. The molecule has 2 rings (SSSR count). The minimum atomic E-state index is -1.82. The van der Waals surface area contributed by atoms with Crippen molar-refractivity contribution in [2.45, 2.75) is 0 Å². The first-order chi connectivity index (χ1) is 9.79. The second kappa shape index (κ2) is 7.80. The Kier molecular flexibility index (Phi) is 6.39. The first-order valence-electron chi connectivity index (χ1n) is 6.28. The van der Waals surface area contributed by atoms with Crippen LogP contribution in [0.25, 0.3) is 0 Å². The van der Waals surface area contributed by atoms with E-state index in [4.69, 9.17) is 31.4 Å². The van der Waals surface area contributed by atoms with Crippen LogP contribution in [0.1, 0.15) is 0 Å². The summed E-state index contributed by atoms with van der Waals surface area (Å²) in [6, 6.07) is 5.77. The molecule has 0 unspecified atom stereocenters. The van der Waals surface area contributed by atoms with E-state index in [-0.39, 0.29) is 0 Å². The maximum absolute atomic E-state index is 9.10. The number of carboxylic acid groups (broad SMARTS) is 2. The summed E-state index contributed by atoms with van der Waals surface area (Å²) in [7, 11) is 4.22. The summed E-state index contributed by atoms with van der Waals surface area (Å²) in [5, 5.41) is 15.4. The van der Waals surface area contributed by atoms with Gasteiger partial charge in [0, 0.05) is 25.6 Å². The first-order valence-corrected chi connectivity index (χ1v) is 6.66. The van der Waals surface area contributed by atoms with Crippen molar-refractivity contribution in [1.82, 2.24) is 9.88 Å². The predicted octanol–water partition coefficient (Wildman–Crippen LogP) is 0.888. The normalized spacial score (nSPS) is 14.2. The molecule has 1 fully saturated rings. The molecule has 0 saturated carbocycles. The van der Waals surface area contributed by atoms with E-state index in [2.05, 4.69) is 28.9 Å². The van der Waals surface area contributed by atoms with Crippen LogP contribution >= 0.6 is 11.6 Å². The lowest BCUT2D eigenvalue weighted by molar-refractivity contribution is -0.159. The molecule has 1 aliphatic rings. The van der Waals surface area contributed by atoms with Gasteiger partial charge >= 0.3 is 11.9 Å². The topological polar surface area (TPSA) is 94.0 Å². The zero-order valence-electron chi connectivity index (χ0n) is 11.9. The molecule has 0 amide bonds. The molecule has 1 aromatic rings. The molecule has 116 valence electrons. The van der Waals surface area contributed by atoms with Crippen LogP contribution in [0.5, 0.6) is 0 Å². The third-order valence-electron chi connectivity index (χ3n) is 2.79. The highest BCUT2D eigenvalue weighted by Crippen LogP contribution is 2.23. The van der Waals surface area contributed by atoms with Gasteiger partial charge in [0.05, 0.1) is 0 Å². The molecular formula is C13H18ClN3O4. The Labute approximate surface area is 127 Å². The van der Waals surface area contributed by atoms with Gasteiger partial charge in [0.2, 0.25) is 0 Å². The Morgan fingerprint density at radius 3 is 2.33 bits per heavy atom. The number of hydrogen-bond donors (Lipinski definition) is 2.